The molecule has 2 atom stereocenters. The third-order valence-corrected chi connectivity index (χ3v) is 7.41. The molecule has 0 aliphatic heterocycles. The number of fused-ring (bicyclic) bond motifs is 1. The number of carbonyl (C=O) groups excluding carboxylic acids is 1. The highest BCUT2D eigenvalue weighted by atomic mass is 16.4. The van der Waals surface area contributed by atoms with E-state index >= 15 is 0 Å². The molecule has 1 aromatic heterocycles. The van der Waals surface area contributed by atoms with Gasteiger partial charge >= 0.3 is 5.97 Å². The second-order valence-electron chi connectivity index (χ2n) is 10.1. The Balaban J connectivity index is 1.63. The van der Waals surface area contributed by atoms with Crippen LogP contribution in [0.15, 0.2) is 79.0 Å². The number of rotatable bonds is 13. The minimum atomic E-state index is -0.928. The average Bonchev–Trinajstić information content (AvgIpc) is 3.35. The number of amides is 1. The summed E-state index contributed by atoms with van der Waals surface area (Å²) in [5.74, 6) is -0.886. The topological polar surface area (TPSA) is 82.2 Å². The van der Waals surface area contributed by atoms with Crippen molar-refractivity contribution in [2.75, 3.05) is 6.54 Å². The first-order valence-corrected chi connectivity index (χ1v) is 13.7. The van der Waals surface area contributed by atoms with Crippen LogP contribution < -0.4 is 5.32 Å². The summed E-state index contributed by atoms with van der Waals surface area (Å²) in [5.41, 5.74) is 6.75. The van der Waals surface area contributed by atoms with Gasteiger partial charge in [0.1, 0.15) is 0 Å². The molecule has 4 aromatic rings. The Morgan fingerprint density at radius 1 is 0.921 bits per heavy atom. The van der Waals surface area contributed by atoms with Crippen LogP contribution in [0.1, 0.15) is 90.4 Å². The predicted molar refractivity (Wildman–Crippen MR) is 154 cm³/mol. The van der Waals surface area contributed by atoms with E-state index in [9.17, 15) is 9.59 Å². The van der Waals surface area contributed by atoms with Crippen LogP contribution >= 0.6 is 0 Å². The number of carboxylic acids is 1. The van der Waals surface area contributed by atoms with Gasteiger partial charge in [-0.25, -0.2) is 0 Å². The van der Waals surface area contributed by atoms with Crippen LogP contribution in [0.5, 0.6) is 0 Å². The summed E-state index contributed by atoms with van der Waals surface area (Å²) in [6.07, 6.45) is 8.13. The number of aryl methyl sites for hydroxylation is 1. The maximum absolute atomic E-state index is 12.5. The van der Waals surface area contributed by atoms with Crippen LogP contribution in [-0.2, 0) is 11.2 Å². The van der Waals surface area contributed by atoms with Gasteiger partial charge in [0.25, 0.3) is 5.91 Å². The lowest BCUT2D eigenvalue weighted by Crippen LogP contribution is -2.26. The molecule has 4 rings (SSSR count). The molecule has 0 spiro atoms. The maximum atomic E-state index is 12.5. The number of unbranched alkanes of at least 4 members (excludes halogenated alkanes) is 3. The highest BCUT2D eigenvalue weighted by molar-refractivity contribution is 5.94. The van der Waals surface area contributed by atoms with E-state index < -0.39 is 5.97 Å². The Hall–Kier alpha value is -3.86. The van der Waals surface area contributed by atoms with Crippen molar-refractivity contribution in [3.8, 4) is 0 Å². The van der Waals surface area contributed by atoms with Crippen LogP contribution in [-0.4, -0.2) is 28.5 Å². The summed E-state index contributed by atoms with van der Waals surface area (Å²) >= 11 is 0. The van der Waals surface area contributed by atoms with Crippen molar-refractivity contribution in [3.63, 3.8) is 0 Å². The lowest BCUT2D eigenvalue weighted by molar-refractivity contribution is -0.136. The van der Waals surface area contributed by atoms with Crippen molar-refractivity contribution in [2.45, 2.75) is 64.2 Å². The molecule has 3 N–H and O–H groups in total. The number of carbonyl (C=O) groups is 2. The van der Waals surface area contributed by atoms with E-state index in [0.717, 1.165) is 17.5 Å². The minimum Gasteiger partial charge on any atom is -0.481 e. The zero-order valence-corrected chi connectivity index (χ0v) is 22.4. The highest BCUT2D eigenvalue weighted by Gasteiger charge is 2.26. The smallest absolute Gasteiger partial charge is 0.305 e. The predicted octanol–water partition coefficient (Wildman–Crippen LogP) is 7.43. The van der Waals surface area contributed by atoms with E-state index in [-0.39, 0.29) is 30.7 Å². The second-order valence-corrected chi connectivity index (χ2v) is 10.1. The summed E-state index contributed by atoms with van der Waals surface area (Å²) in [6.45, 7) is 4.61. The van der Waals surface area contributed by atoms with Gasteiger partial charge in [0.2, 0.25) is 0 Å². The number of hydrogen-bond acceptors (Lipinski definition) is 2. The molecule has 0 aliphatic carbocycles. The molecule has 3 aromatic carbocycles. The molecule has 0 radical (unpaired) electrons. The molecule has 0 fully saturated rings. The fourth-order valence-electron chi connectivity index (χ4n) is 5.30. The van der Waals surface area contributed by atoms with Gasteiger partial charge in [0, 0.05) is 35.1 Å². The van der Waals surface area contributed by atoms with Crippen LogP contribution in [0.3, 0.4) is 0 Å². The summed E-state index contributed by atoms with van der Waals surface area (Å²) in [6, 6.07) is 25.2. The molecule has 1 heterocycles. The second kappa shape index (κ2) is 13.1. The van der Waals surface area contributed by atoms with Crippen molar-refractivity contribution in [1.29, 1.82) is 0 Å². The van der Waals surface area contributed by atoms with Crippen LogP contribution in [0.4, 0.5) is 0 Å². The number of para-hydroxylation sites is 1. The molecule has 0 aliphatic rings. The minimum absolute atomic E-state index is 0.0924. The summed E-state index contributed by atoms with van der Waals surface area (Å²) in [4.78, 5) is 26.7. The van der Waals surface area contributed by atoms with Crippen LogP contribution in [0.2, 0.25) is 0 Å². The van der Waals surface area contributed by atoms with Gasteiger partial charge in [-0.3, -0.25) is 9.59 Å². The van der Waals surface area contributed by atoms with E-state index in [1.54, 1.807) is 0 Å². The van der Waals surface area contributed by atoms with Crippen molar-refractivity contribution >= 4 is 22.8 Å². The average molecular weight is 511 g/mol. The number of aromatic amines is 1. The van der Waals surface area contributed by atoms with Gasteiger partial charge in [0.15, 0.2) is 0 Å². The lowest BCUT2D eigenvalue weighted by atomic mass is 9.77. The zero-order chi connectivity index (χ0) is 26.9. The molecule has 38 heavy (non-hydrogen) atoms. The summed E-state index contributed by atoms with van der Waals surface area (Å²) in [7, 11) is 0. The SMILES string of the molecule is CCCCCCc1cccc(C(c2c[nH]c3ccccc23)C(C)c2ccc(C(=O)NCCC(=O)O)cc2)c1. The fraction of sp³-hybridized carbons (Fsp3) is 0.333. The van der Waals surface area contributed by atoms with Crippen LogP contribution in [0, 0.1) is 0 Å². The first-order chi connectivity index (χ1) is 18.5. The van der Waals surface area contributed by atoms with E-state index in [1.165, 1.54) is 47.8 Å². The maximum Gasteiger partial charge on any atom is 0.305 e. The molecule has 198 valence electrons. The third-order valence-electron chi connectivity index (χ3n) is 7.41. The number of nitrogens with one attached hydrogen (secondary N) is 2. The van der Waals surface area contributed by atoms with Gasteiger partial charge in [-0.15, -0.1) is 0 Å². The number of aliphatic carboxylic acids is 1. The fourth-order valence-corrected chi connectivity index (χ4v) is 5.30. The highest BCUT2D eigenvalue weighted by Crippen LogP contribution is 2.41. The summed E-state index contributed by atoms with van der Waals surface area (Å²) < 4.78 is 0. The third kappa shape index (κ3) is 6.71. The van der Waals surface area contributed by atoms with Crippen molar-refractivity contribution < 1.29 is 14.7 Å². The molecule has 1 amide bonds. The van der Waals surface area contributed by atoms with Gasteiger partial charge in [-0.1, -0.05) is 87.7 Å². The number of H-pyrrole nitrogens is 1. The Morgan fingerprint density at radius 2 is 1.71 bits per heavy atom. The lowest BCUT2D eigenvalue weighted by Gasteiger charge is -2.26. The van der Waals surface area contributed by atoms with E-state index in [4.69, 9.17) is 5.11 Å². The molecular formula is C33H38N2O3. The molecule has 2 unspecified atom stereocenters. The molecule has 0 saturated carbocycles. The van der Waals surface area contributed by atoms with Gasteiger partial charge in [-0.2, -0.15) is 0 Å². The summed E-state index contributed by atoms with van der Waals surface area (Å²) in [5, 5.41) is 12.7. The van der Waals surface area contributed by atoms with E-state index in [1.807, 2.05) is 24.3 Å². The van der Waals surface area contributed by atoms with E-state index in [0.29, 0.717) is 5.56 Å². The Kier molecular flexibility index (Phi) is 9.36. The molecule has 5 heteroatoms. The first-order valence-electron chi connectivity index (χ1n) is 13.7. The Bertz CT molecular complexity index is 1360. The molecule has 0 bridgehead atoms. The molecule has 5 nitrogen and oxygen atoms in total. The normalized spacial score (nSPS) is 12.8. The molecule has 0 saturated heterocycles. The Labute approximate surface area is 225 Å². The zero-order valence-electron chi connectivity index (χ0n) is 22.4. The van der Waals surface area contributed by atoms with E-state index in [2.05, 4.69) is 78.9 Å². The van der Waals surface area contributed by atoms with Gasteiger partial charge < -0.3 is 15.4 Å². The number of aromatic nitrogens is 1. The van der Waals surface area contributed by atoms with Gasteiger partial charge in [0.05, 0.1) is 6.42 Å². The van der Waals surface area contributed by atoms with Gasteiger partial charge in [-0.05, 0) is 59.2 Å². The number of carboxylic acid groups (broad SMARTS) is 1. The van der Waals surface area contributed by atoms with Crippen molar-refractivity contribution in [1.82, 2.24) is 10.3 Å². The quantitative estimate of drug-likeness (QED) is 0.164. The first kappa shape index (κ1) is 27.2. The molecular weight excluding hydrogens is 472 g/mol. The van der Waals surface area contributed by atoms with Crippen molar-refractivity contribution in [2.24, 2.45) is 0 Å². The standard InChI is InChI=1S/C33H38N2O3/c1-3-4-5-6-10-24-11-9-12-27(21-24)32(29-22-35-30-14-8-7-13-28(29)30)23(2)25-15-17-26(18-16-25)33(38)34-20-19-31(36)37/h7-9,11-18,21-23,32,35H,3-6,10,19-20H2,1-2H3,(H,34,38)(H,36,37). The Morgan fingerprint density at radius 3 is 2.47 bits per heavy atom. The number of hydrogen-bond donors (Lipinski definition) is 3. The van der Waals surface area contributed by atoms with Crippen LogP contribution in [0.25, 0.3) is 10.9 Å². The van der Waals surface area contributed by atoms with Crippen molar-refractivity contribution in [3.05, 3.63) is 107 Å². The largest absolute Gasteiger partial charge is 0.481 e. The number of benzene rings is 3. The monoisotopic (exact) mass is 510 g/mol.